The molecule has 0 spiro atoms. The van der Waals surface area contributed by atoms with Crippen LogP contribution in [0.2, 0.25) is 0 Å². The molecule has 0 bridgehead atoms. The molecule has 1 N–H and O–H groups in total. The lowest BCUT2D eigenvalue weighted by molar-refractivity contribution is -0.122. The van der Waals surface area contributed by atoms with Crippen molar-refractivity contribution in [3.63, 3.8) is 0 Å². The highest BCUT2D eigenvalue weighted by molar-refractivity contribution is 5.81. The van der Waals surface area contributed by atoms with Gasteiger partial charge in [0, 0.05) is 6.42 Å². The van der Waals surface area contributed by atoms with Gasteiger partial charge in [0.2, 0.25) is 5.91 Å². The molecule has 0 saturated heterocycles. The summed E-state index contributed by atoms with van der Waals surface area (Å²) in [5.74, 6) is 1.65. The number of imidazole rings is 1. The zero-order valence-corrected chi connectivity index (χ0v) is 17.2. The Morgan fingerprint density at radius 1 is 1.00 bits per heavy atom. The van der Waals surface area contributed by atoms with Crippen LogP contribution in [0.3, 0.4) is 0 Å². The molecule has 1 amide bonds. The van der Waals surface area contributed by atoms with Gasteiger partial charge in [-0.15, -0.1) is 0 Å². The van der Waals surface area contributed by atoms with E-state index in [0.717, 1.165) is 33.7 Å². The summed E-state index contributed by atoms with van der Waals surface area (Å²) in [7, 11) is 1.66. The number of rotatable bonds is 7. The highest BCUT2D eigenvalue weighted by Crippen LogP contribution is 2.20. The van der Waals surface area contributed by atoms with Crippen molar-refractivity contribution < 1.29 is 9.53 Å². The Morgan fingerprint density at radius 2 is 1.70 bits per heavy atom. The second kappa shape index (κ2) is 8.82. The minimum absolute atomic E-state index is 0.0366. The highest BCUT2D eigenvalue weighted by atomic mass is 16.5. The van der Waals surface area contributed by atoms with Crippen LogP contribution in [0.15, 0.2) is 78.9 Å². The summed E-state index contributed by atoms with van der Waals surface area (Å²) >= 11 is 0. The lowest BCUT2D eigenvalue weighted by Crippen LogP contribution is -2.30. The summed E-state index contributed by atoms with van der Waals surface area (Å²) in [4.78, 5) is 17.6. The van der Waals surface area contributed by atoms with Crippen LogP contribution in [0.5, 0.6) is 5.75 Å². The average Bonchev–Trinajstić information content (AvgIpc) is 3.11. The normalized spacial score (nSPS) is 11.9. The van der Waals surface area contributed by atoms with Gasteiger partial charge in [0.1, 0.15) is 18.1 Å². The van der Waals surface area contributed by atoms with E-state index in [-0.39, 0.29) is 18.5 Å². The van der Waals surface area contributed by atoms with E-state index in [1.165, 1.54) is 0 Å². The van der Waals surface area contributed by atoms with Crippen LogP contribution in [-0.2, 0) is 17.8 Å². The maximum absolute atomic E-state index is 12.8. The first-order valence-electron chi connectivity index (χ1n) is 10.1. The summed E-state index contributed by atoms with van der Waals surface area (Å²) < 4.78 is 7.25. The van der Waals surface area contributed by atoms with E-state index in [9.17, 15) is 4.79 Å². The van der Waals surface area contributed by atoms with Crippen LogP contribution in [0.1, 0.15) is 29.9 Å². The van der Waals surface area contributed by atoms with Crippen LogP contribution in [-0.4, -0.2) is 22.6 Å². The monoisotopic (exact) mass is 399 g/mol. The zero-order valence-electron chi connectivity index (χ0n) is 17.2. The Bertz CT molecular complexity index is 1130. The molecule has 1 heterocycles. The Labute approximate surface area is 176 Å². The lowest BCUT2D eigenvalue weighted by Gasteiger charge is -2.16. The van der Waals surface area contributed by atoms with Crippen molar-refractivity contribution in [2.75, 3.05) is 7.11 Å². The van der Waals surface area contributed by atoms with E-state index in [0.29, 0.717) is 6.42 Å². The fourth-order valence-corrected chi connectivity index (χ4v) is 3.62. The number of hydrogen-bond acceptors (Lipinski definition) is 3. The third kappa shape index (κ3) is 4.35. The topological polar surface area (TPSA) is 56.2 Å². The Morgan fingerprint density at radius 3 is 2.43 bits per heavy atom. The van der Waals surface area contributed by atoms with Crippen molar-refractivity contribution in [1.29, 1.82) is 0 Å². The molecule has 30 heavy (non-hydrogen) atoms. The van der Waals surface area contributed by atoms with Crippen LogP contribution in [0.25, 0.3) is 11.0 Å². The molecular formula is C25H25N3O2. The molecule has 0 fully saturated rings. The average molecular weight is 399 g/mol. The number of carbonyl (C=O) groups is 1. The molecule has 0 aliphatic rings. The van der Waals surface area contributed by atoms with E-state index >= 15 is 0 Å². The van der Waals surface area contributed by atoms with Crippen LogP contribution in [0, 0.1) is 0 Å². The number of aromatic nitrogens is 2. The largest absolute Gasteiger partial charge is 0.497 e. The summed E-state index contributed by atoms with van der Waals surface area (Å²) in [6, 6.07) is 25.8. The summed E-state index contributed by atoms with van der Waals surface area (Å²) in [6.07, 6.45) is 0.639. The molecule has 4 rings (SSSR count). The predicted octanol–water partition coefficient (Wildman–Crippen LogP) is 4.51. The van der Waals surface area contributed by atoms with Gasteiger partial charge in [0.05, 0.1) is 24.2 Å². The molecule has 1 aromatic heterocycles. The van der Waals surface area contributed by atoms with Crippen molar-refractivity contribution in [1.82, 2.24) is 14.9 Å². The number of nitrogens with one attached hydrogen (secondary N) is 1. The molecule has 4 aromatic rings. The van der Waals surface area contributed by atoms with Crippen LogP contribution in [0.4, 0.5) is 0 Å². The van der Waals surface area contributed by atoms with Gasteiger partial charge in [-0.25, -0.2) is 4.98 Å². The molecule has 5 nitrogen and oxygen atoms in total. The smallest absolute Gasteiger partial charge is 0.240 e. The van der Waals surface area contributed by atoms with Gasteiger partial charge in [-0.3, -0.25) is 4.79 Å². The van der Waals surface area contributed by atoms with E-state index < -0.39 is 0 Å². The van der Waals surface area contributed by atoms with Crippen LogP contribution >= 0.6 is 0 Å². The van der Waals surface area contributed by atoms with Gasteiger partial charge < -0.3 is 14.6 Å². The van der Waals surface area contributed by atoms with Crippen molar-refractivity contribution in [3.8, 4) is 5.75 Å². The van der Waals surface area contributed by atoms with Crippen LogP contribution < -0.4 is 10.1 Å². The third-order valence-electron chi connectivity index (χ3n) is 5.23. The van der Waals surface area contributed by atoms with E-state index in [1.54, 1.807) is 7.11 Å². The number of ether oxygens (including phenoxy) is 1. The number of fused-ring (bicyclic) bond motifs is 1. The molecule has 5 heteroatoms. The molecule has 0 aliphatic heterocycles. The molecule has 0 aliphatic carbocycles. The number of carbonyl (C=O) groups excluding carboxylic acids is 1. The molecular weight excluding hydrogens is 374 g/mol. The Balaban J connectivity index is 1.57. The predicted molar refractivity (Wildman–Crippen MR) is 119 cm³/mol. The molecule has 0 saturated carbocycles. The van der Waals surface area contributed by atoms with E-state index in [1.807, 2.05) is 90.4 Å². The number of nitrogens with zero attached hydrogens (tertiary/aromatic N) is 2. The molecule has 3 aromatic carbocycles. The first kappa shape index (κ1) is 19.7. The number of methoxy groups -OCH3 is 1. The number of amides is 1. The first-order valence-corrected chi connectivity index (χ1v) is 10.1. The summed E-state index contributed by atoms with van der Waals surface area (Å²) in [5.41, 5.74) is 4.05. The fourth-order valence-electron chi connectivity index (χ4n) is 3.62. The van der Waals surface area contributed by atoms with Gasteiger partial charge in [-0.05, 0) is 42.3 Å². The highest BCUT2D eigenvalue weighted by Gasteiger charge is 2.16. The third-order valence-corrected chi connectivity index (χ3v) is 5.23. The van der Waals surface area contributed by atoms with Crippen molar-refractivity contribution in [2.45, 2.75) is 25.9 Å². The summed E-state index contributed by atoms with van der Waals surface area (Å²) in [6.45, 7) is 2.22. The van der Waals surface area contributed by atoms with Gasteiger partial charge in [0.15, 0.2) is 0 Å². The Hall–Kier alpha value is -3.60. The molecule has 0 radical (unpaired) electrons. The standard InChI is InChI=1S/C25H25N3O2/c1-18(20-8-4-3-5-9-20)26-25(29)17-28-23-11-7-6-10-22(23)27-24(28)16-19-12-14-21(30-2)15-13-19/h3-15,18H,16-17H2,1-2H3,(H,26,29). The van der Waals surface area contributed by atoms with Gasteiger partial charge in [-0.2, -0.15) is 0 Å². The van der Waals surface area contributed by atoms with E-state index in [2.05, 4.69) is 5.32 Å². The van der Waals surface area contributed by atoms with Crippen molar-refractivity contribution in [2.24, 2.45) is 0 Å². The van der Waals surface area contributed by atoms with E-state index in [4.69, 9.17) is 9.72 Å². The minimum Gasteiger partial charge on any atom is -0.497 e. The second-order valence-electron chi connectivity index (χ2n) is 7.33. The number of para-hydroxylation sites is 2. The maximum Gasteiger partial charge on any atom is 0.240 e. The van der Waals surface area contributed by atoms with Gasteiger partial charge in [0.25, 0.3) is 0 Å². The van der Waals surface area contributed by atoms with Crippen molar-refractivity contribution in [3.05, 3.63) is 95.8 Å². The van der Waals surface area contributed by atoms with Gasteiger partial charge in [-0.1, -0.05) is 54.6 Å². The maximum atomic E-state index is 12.8. The quantitative estimate of drug-likeness (QED) is 0.497. The SMILES string of the molecule is COc1ccc(Cc2nc3ccccc3n2CC(=O)NC(C)c2ccccc2)cc1. The Kier molecular flexibility index (Phi) is 5.80. The fraction of sp³-hybridized carbons (Fsp3) is 0.200. The molecule has 1 atom stereocenters. The second-order valence-corrected chi connectivity index (χ2v) is 7.33. The lowest BCUT2D eigenvalue weighted by atomic mass is 10.1. The number of benzene rings is 3. The molecule has 1 unspecified atom stereocenters. The summed E-state index contributed by atoms with van der Waals surface area (Å²) in [5, 5.41) is 3.10. The minimum atomic E-state index is -0.0569. The van der Waals surface area contributed by atoms with Gasteiger partial charge >= 0.3 is 0 Å². The molecule has 152 valence electrons. The van der Waals surface area contributed by atoms with Crippen molar-refractivity contribution >= 4 is 16.9 Å². The number of hydrogen-bond donors (Lipinski definition) is 1. The zero-order chi connectivity index (χ0) is 20.9. The first-order chi connectivity index (χ1) is 14.6.